The highest BCUT2D eigenvalue weighted by molar-refractivity contribution is 5.69. The molecule has 0 unspecified atom stereocenters. The van der Waals surface area contributed by atoms with Crippen LogP contribution >= 0.6 is 0 Å². The van der Waals surface area contributed by atoms with Gasteiger partial charge in [-0.25, -0.2) is 4.79 Å². The fourth-order valence-electron chi connectivity index (χ4n) is 1.67. The number of aryl methyl sites for hydroxylation is 1. The SMILES string of the molecule is N#Cc1ccc(CC[C@H]2COC(=O)N2)cc1. The number of carbonyl (C=O) groups excluding carboxylic acids is 1. The molecule has 0 saturated carbocycles. The molecule has 4 nitrogen and oxygen atoms in total. The third kappa shape index (κ3) is 2.51. The lowest BCUT2D eigenvalue weighted by Crippen LogP contribution is -2.26. The van der Waals surface area contributed by atoms with E-state index in [0.29, 0.717) is 12.2 Å². The van der Waals surface area contributed by atoms with Crippen LogP contribution in [0.5, 0.6) is 0 Å². The predicted molar refractivity (Wildman–Crippen MR) is 57.7 cm³/mol. The molecule has 16 heavy (non-hydrogen) atoms. The molecule has 1 aromatic carbocycles. The van der Waals surface area contributed by atoms with Gasteiger partial charge in [0, 0.05) is 0 Å². The van der Waals surface area contributed by atoms with Gasteiger partial charge < -0.3 is 10.1 Å². The predicted octanol–water partition coefficient (Wildman–Crippen LogP) is 1.60. The first kappa shape index (κ1) is 10.5. The smallest absolute Gasteiger partial charge is 0.407 e. The van der Waals surface area contributed by atoms with Gasteiger partial charge in [-0.2, -0.15) is 5.26 Å². The Morgan fingerprint density at radius 1 is 1.44 bits per heavy atom. The van der Waals surface area contributed by atoms with Gasteiger partial charge in [0.15, 0.2) is 0 Å². The number of nitrogens with zero attached hydrogens (tertiary/aromatic N) is 1. The molecule has 1 atom stereocenters. The zero-order valence-electron chi connectivity index (χ0n) is 8.77. The maximum atomic E-state index is 10.8. The van der Waals surface area contributed by atoms with Gasteiger partial charge in [-0.3, -0.25) is 0 Å². The lowest BCUT2D eigenvalue weighted by Gasteiger charge is -2.06. The van der Waals surface area contributed by atoms with Crippen LogP contribution in [0.3, 0.4) is 0 Å². The normalized spacial score (nSPS) is 18.7. The number of nitrogens with one attached hydrogen (secondary N) is 1. The first-order valence-corrected chi connectivity index (χ1v) is 5.20. The molecule has 1 N–H and O–H groups in total. The second-order valence-corrected chi connectivity index (χ2v) is 3.79. The summed E-state index contributed by atoms with van der Waals surface area (Å²) >= 11 is 0. The second-order valence-electron chi connectivity index (χ2n) is 3.79. The fraction of sp³-hybridized carbons (Fsp3) is 0.333. The van der Waals surface area contributed by atoms with E-state index in [1.807, 2.05) is 12.1 Å². The average molecular weight is 216 g/mol. The molecule has 1 saturated heterocycles. The van der Waals surface area contributed by atoms with Gasteiger partial charge in [-0.05, 0) is 30.5 Å². The van der Waals surface area contributed by atoms with Gasteiger partial charge in [0.2, 0.25) is 0 Å². The van der Waals surface area contributed by atoms with Crippen LogP contribution in [0.15, 0.2) is 24.3 Å². The molecule has 1 aliphatic heterocycles. The lowest BCUT2D eigenvalue weighted by atomic mass is 10.0. The number of hydrogen-bond donors (Lipinski definition) is 1. The number of nitriles is 1. The summed E-state index contributed by atoms with van der Waals surface area (Å²) in [5, 5.41) is 11.4. The van der Waals surface area contributed by atoms with E-state index in [-0.39, 0.29) is 12.1 Å². The van der Waals surface area contributed by atoms with Crippen molar-refractivity contribution in [1.29, 1.82) is 5.26 Å². The van der Waals surface area contributed by atoms with E-state index in [2.05, 4.69) is 11.4 Å². The molecule has 0 spiro atoms. The second kappa shape index (κ2) is 4.67. The molecule has 0 bridgehead atoms. The standard InChI is InChI=1S/C12H12N2O2/c13-7-10-3-1-9(2-4-10)5-6-11-8-16-12(15)14-11/h1-4,11H,5-6,8H2,(H,14,15)/t11-/m0/s1. The number of benzene rings is 1. The maximum Gasteiger partial charge on any atom is 0.407 e. The summed E-state index contributed by atoms with van der Waals surface area (Å²) < 4.78 is 4.80. The Morgan fingerprint density at radius 2 is 2.19 bits per heavy atom. The van der Waals surface area contributed by atoms with E-state index in [9.17, 15) is 4.79 Å². The maximum absolute atomic E-state index is 10.8. The van der Waals surface area contributed by atoms with Gasteiger partial charge in [-0.15, -0.1) is 0 Å². The molecular weight excluding hydrogens is 204 g/mol. The minimum Gasteiger partial charge on any atom is -0.447 e. The van der Waals surface area contributed by atoms with Crippen molar-refractivity contribution in [2.45, 2.75) is 18.9 Å². The number of alkyl carbamates (subject to hydrolysis) is 1. The van der Waals surface area contributed by atoms with Crippen molar-refractivity contribution in [1.82, 2.24) is 5.32 Å². The number of rotatable bonds is 3. The van der Waals surface area contributed by atoms with E-state index >= 15 is 0 Å². The van der Waals surface area contributed by atoms with E-state index in [0.717, 1.165) is 12.8 Å². The molecule has 1 aliphatic rings. The van der Waals surface area contributed by atoms with E-state index < -0.39 is 0 Å². The van der Waals surface area contributed by atoms with Crippen molar-refractivity contribution >= 4 is 6.09 Å². The summed E-state index contributed by atoms with van der Waals surface area (Å²) in [4.78, 5) is 10.8. The molecule has 0 aliphatic carbocycles. The summed E-state index contributed by atoms with van der Waals surface area (Å²) in [5.74, 6) is 0. The number of amides is 1. The van der Waals surface area contributed by atoms with Gasteiger partial charge >= 0.3 is 6.09 Å². The monoisotopic (exact) mass is 216 g/mol. The van der Waals surface area contributed by atoms with Crippen LogP contribution in [-0.2, 0) is 11.2 Å². The molecule has 1 amide bonds. The van der Waals surface area contributed by atoms with Crippen molar-refractivity contribution in [3.63, 3.8) is 0 Å². The molecular formula is C12H12N2O2. The highest BCUT2D eigenvalue weighted by Crippen LogP contribution is 2.10. The van der Waals surface area contributed by atoms with Crippen LogP contribution in [0.2, 0.25) is 0 Å². The first-order valence-electron chi connectivity index (χ1n) is 5.20. The topological polar surface area (TPSA) is 62.1 Å². The number of hydrogen-bond acceptors (Lipinski definition) is 3. The van der Waals surface area contributed by atoms with Crippen LogP contribution in [-0.4, -0.2) is 18.7 Å². The molecule has 2 rings (SSSR count). The molecule has 82 valence electrons. The highest BCUT2D eigenvalue weighted by Gasteiger charge is 2.21. The summed E-state index contributed by atoms with van der Waals surface area (Å²) in [5.41, 5.74) is 1.83. The highest BCUT2D eigenvalue weighted by atomic mass is 16.6. The van der Waals surface area contributed by atoms with Gasteiger partial charge in [0.05, 0.1) is 17.7 Å². The first-order chi connectivity index (χ1) is 7.78. The van der Waals surface area contributed by atoms with E-state index in [1.54, 1.807) is 12.1 Å². The Kier molecular flexibility index (Phi) is 3.06. The van der Waals surface area contributed by atoms with Crippen LogP contribution in [0.4, 0.5) is 4.79 Å². The third-order valence-electron chi connectivity index (χ3n) is 2.60. The lowest BCUT2D eigenvalue weighted by molar-refractivity contribution is 0.176. The molecule has 1 fully saturated rings. The van der Waals surface area contributed by atoms with Gasteiger partial charge in [-0.1, -0.05) is 12.1 Å². The zero-order chi connectivity index (χ0) is 11.4. The summed E-state index contributed by atoms with van der Waals surface area (Å²) in [7, 11) is 0. The number of ether oxygens (including phenoxy) is 1. The van der Waals surface area contributed by atoms with E-state index in [4.69, 9.17) is 10.00 Å². The molecule has 1 heterocycles. The molecule has 0 aromatic heterocycles. The van der Waals surface area contributed by atoms with Crippen LogP contribution in [0.1, 0.15) is 17.5 Å². The Labute approximate surface area is 93.8 Å². The van der Waals surface area contributed by atoms with Crippen molar-refractivity contribution in [3.8, 4) is 6.07 Å². The Morgan fingerprint density at radius 3 is 2.75 bits per heavy atom. The largest absolute Gasteiger partial charge is 0.447 e. The Balaban J connectivity index is 1.85. The zero-order valence-corrected chi connectivity index (χ0v) is 8.77. The summed E-state index contributed by atoms with van der Waals surface area (Å²) in [6.45, 7) is 0.453. The van der Waals surface area contributed by atoms with Crippen molar-refractivity contribution in [2.75, 3.05) is 6.61 Å². The molecule has 0 radical (unpaired) electrons. The Hall–Kier alpha value is -2.02. The van der Waals surface area contributed by atoms with E-state index in [1.165, 1.54) is 5.56 Å². The van der Waals surface area contributed by atoms with Gasteiger partial charge in [0.1, 0.15) is 6.61 Å². The van der Waals surface area contributed by atoms with Crippen LogP contribution in [0, 0.1) is 11.3 Å². The summed E-state index contributed by atoms with van der Waals surface area (Å²) in [6.07, 6.45) is 1.40. The number of cyclic esters (lactones) is 1. The fourth-order valence-corrected chi connectivity index (χ4v) is 1.67. The van der Waals surface area contributed by atoms with Gasteiger partial charge in [0.25, 0.3) is 0 Å². The quantitative estimate of drug-likeness (QED) is 0.834. The average Bonchev–Trinajstić information content (AvgIpc) is 2.73. The summed E-state index contributed by atoms with van der Waals surface area (Å²) in [6, 6.07) is 9.68. The van der Waals surface area contributed by atoms with Crippen LogP contribution < -0.4 is 5.32 Å². The van der Waals surface area contributed by atoms with Crippen molar-refractivity contribution in [3.05, 3.63) is 35.4 Å². The Bertz CT molecular complexity index is 420. The minimum atomic E-state index is -0.329. The minimum absolute atomic E-state index is 0.114. The molecule has 4 heteroatoms. The number of carbonyl (C=O) groups is 1. The van der Waals surface area contributed by atoms with Crippen LogP contribution in [0.25, 0.3) is 0 Å². The van der Waals surface area contributed by atoms with Crippen molar-refractivity contribution < 1.29 is 9.53 Å². The third-order valence-corrected chi connectivity index (χ3v) is 2.60. The molecule has 1 aromatic rings. The van der Waals surface area contributed by atoms with Crippen molar-refractivity contribution in [2.24, 2.45) is 0 Å².